The topological polar surface area (TPSA) is 7.76 Å². The predicted molar refractivity (Wildman–Crippen MR) is 108 cm³/mol. The Balaban J connectivity index is 2.01. The van der Waals surface area contributed by atoms with Gasteiger partial charge in [-0.05, 0) is 25.1 Å². The molecule has 130 valence electrons. The van der Waals surface area contributed by atoms with E-state index in [1.165, 1.54) is 5.39 Å². The van der Waals surface area contributed by atoms with E-state index in [4.69, 9.17) is 6.42 Å². The lowest BCUT2D eigenvalue weighted by molar-refractivity contribution is -0.698. The van der Waals surface area contributed by atoms with E-state index in [0.29, 0.717) is 6.42 Å². The number of nitrogens with zero attached hydrogens (tertiary/aromatic N) is 2. The number of aryl methyl sites for hydroxylation is 2. The van der Waals surface area contributed by atoms with Crippen molar-refractivity contribution in [2.75, 3.05) is 0 Å². The molecular weight excluding hydrogens is 328 g/mol. The predicted octanol–water partition coefficient (Wildman–Crippen LogP) is 3.25. The largest absolute Gasteiger partial charge is 0.257 e. The van der Waals surface area contributed by atoms with E-state index < -0.39 is 0 Å². The van der Waals surface area contributed by atoms with Gasteiger partial charge < -0.3 is 0 Å². The van der Waals surface area contributed by atoms with E-state index in [1.807, 2.05) is 43.5 Å². The van der Waals surface area contributed by atoms with Crippen molar-refractivity contribution < 1.29 is 9.13 Å². The summed E-state index contributed by atoms with van der Waals surface area (Å²) in [5, 5.41) is 1.19. The summed E-state index contributed by atoms with van der Waals surface area (Å²) in [6.45, 7) is 3.45. The fraction of sp³-hybridized carbons (Fsp3) is 0.200. The molecule has 0 saturated carbocycles. The van der Waals surface area contributed by atoms with Gasteiger partial charge in [0.05, 0.1) is 12.8 Å². The Morgan fingerprint density at radius 2 is 1.67 bits per heavy atom. The zero-order valence-electron chi connectivity index (χ0n) is 15.6. The molecular formula is C25H22N2+2. The first-order valence-electron chi connectivity index (χ1n) is 9.08. The van der Waals surface area contributed by atoms with Crippen LogP contribution >= 0.6 is 0 Å². The van der Waals surface area contributed by atoms with Crippen molar-refractivity contribution in [3.05, 3.63) is 72.2 Å². The molecule has 0 radical (unpaired) electrons. The highest BCUT2D eigenvalue weighted by Gasteiger charge is 2.14. The fourth-order valence-electron chi connectivity index (χ4n) is 3.00. The third-order valence-electron chi connectivity index (χ3n) is 4.33. The first kappa shape index (κ1) is 18.3. The van der Waals surface area contributed by atoms with Crippen LogP contribution in [0.5, 0.6) is 0 Å². The maximum atomic E-state index is 5.50. The molecule has 0 amide bonds. The van der Waals surface area contributed by atoms with Crippen molar-refractivity contribution in [1.82, 2.24) is 0 Å². The monoisotopic (exact) mass is 350 g/mol. The molecule has 27 heavy (non-hydrogen) atoms. The molecule has 3 rings (SSSR count). The smallest absolute Gasteiger partial charge is 0.190 e. The van der Waals surface area contributed by atoms with Crippen LogP contribution in [0, 0.1) is 36.0 Å². The number of benzene rings is 1. The standard InChI is InChI=1S/C25H22N2/c1-3-5-10-19-26-20-11-9-13-23(26)17-18-24-16-15-22-12-7-8-14-25(22)27(24)21-6-4-2/h2,7-9,11-16,20H,6,10,19,21H2,1H3/q+2. The Bertz CT molecular complexity index is 1110. The molecule has 1 aromatic carbocycles. The van der Waals surface area contributed by atoms with Crippen molar-refractivity contribution in [3.63, 3.8) is 0 Å². The zero-order valence-corrected chi connectivity index (χ0v) is 15.6. The quantitative estimate of drug-likeness (QED) is 0.504. The summed E-state index contributed by atoms with van der Waals surface area (Å²) in [6.07, 6.45) is 9.04. The third kappa shape index (κ3) is 4.55. The molecule has 0 unspecified atom stereocenters. The molecule has 2 nitrogen and oxygen atoms in total. The zero-order chi connectivity index (χ0) is 18.9. The molecule has 2 aromatic heterocycles. The van der Waals surface area contributed by atoms with Gasteiger partial charge in [0.25, 0.3) is 11.4 Å². The van der Waals surface area contributed by atoms with Gasteiger partial charge in [-0.1, -0.05) is 18.1 Å². The van der Waals surface area contributed by atoms with Crippen LogP contribution < -0.4 is 9.13 Å². The summed E-state index contributed by atoms with van der Waals surface area (Å²) < 4.78 is 4.35. The van der Waals surface area contributed by atoms with Gasteiger partial charge in [-0.2, -0.15) is 9.13 Å². The Hall–Kier alpha value is -3.54. The maximum absolute atomic E-state index is 5.50. The number of terminal acetylenes is 1. The van der Waals surface area contributed by atoms with Crippen LogP contribution in [0.4, 0.5) is 0 Å². The highest BCUT2D eigenvalue weighted by atomic mass is 15.0. The highest BCUT2D eigenvalue weighted by molar-refractivity contribution is 5.75. The fourth-order valence-corrected chi connectivity index (χ4v) is 3.00. The Morgan fingerprint density at radius 3 is 2.52 bits per heavy atom. The van der Waals surface area contributed by atoms with Gasteiger partial charge in [0.1, 0.15) is 0 Å². The van der Waals surface area contributed by atoms with Crippen molar-refractivity contribution in [2.24, 2.45) is 0 Å². The molecule has 0 spiro atoms. The first-order valence-corrected chi connectivity index (χ1v) is 9.08. The maximum Gasteiger partial charge on any atom is 0.257 e. The van der Waals surface area contributed by atoms with Gasteiger partial charge in [-0.25, -0.2) is 0 Å². The van der Waals surface area contributed by atoms with E-state index in [9.17, 15) is 0 Å². The number of pyridine rings is 2. The van der Waals surface area contributed by atoms with Crippen molar-refractivity contribution >= 4 is 10.9 Å². The summed E-state index contributed by atoms with van der Waals surface area (Å²) >= 11 is 0. The van der Waals surface area contributed by atoms with Crippen LogP contribution in [0.3, 0.4) is 0 Å². The SMILES string of the molecule is C#CCC[n+]1c(C#Cc2cccc[n+]2CCC#CC)ccc2ccccc21. The van der Waals surface area contributed by atoms with Gasteiger partial charge in [0, 0.05) is 41.5 Å². The molecule has 0 N–H and O–H groups in total. The van der Waals surface area contributed by atoms with Crippen LogP contribution in [-0.4, -0.2) is 0 Å². The number of hydrogen-bond acceptors (Lipinski definition) is 0. The third-order valence-corrected chi connectivity index (χ3v) is 4.33. The minimum atomic E-state index is 0.675. The normalized spacial score (nSPS) is 9.63. The average Bonchev–Trinajstić information content (AvgIpc) is 2.72. The van der Waals surface area contributed by atoms with E-state index >= 15 is 0 Å². The molecule has 0 aliphatic heterocycles. The Labute approximate surface area is 161 Å². The van der Waals surface area contributed by atoms with Gasteiger partial charge in [0.2, 0.25) is 5.52 Å². The number of hydrogen-bond donors (Lipinski definition) is 0. The number of fused-ring (bicyclic) bond motifs is 1. The number of para-hydroxylation sites is 1. The second-order valence-corrected chi connectivity index (χ2v) is 6.09. The van der Waals surface area contributed by atoms with Crippen molar-refractivity contribution in [2.45, 2.75) is 32.9 Å². The lowest BCUT2D eigenvalue weighted by Gasteiger charge is -2.02. The number of aromatic nitrogens is 2. The summed E-state index contributed by atoms with van der Waals surface area (Å²) in [5.41, 5.74) is 3.10. The Kier molecular flexibility index (Phi) is 6.25. The molecule has 0 atom stereocenters. The van der Waals surface area contributed by atoms with Gasteiger partial charge in [-0.15, -0.1) is 18.3 Å². The average molecular weight is 350 g/mol. The molecule has 0 saturated heterocycles. The summed E-state index contributed by atoms with van der Waals surface area (Å²) in [4.78, 5) is 0. The summed E-state index contributed by atoms with van der Waals surface area (Å²) in [6, 6.07) is 18.6. The van der Waals surface area contributed by atoms with E-state index in [2.05, 4.69) is 63.0 Å². The van der Waals surface area contributed by atoms with Crippen molar-refractivity contribution in [1.29, 1.82) is 0 Å². The lowest BCUT2D eigenvalue weighted by Crippen LogP contribution is -2.38. The van der Waals surface area contributed by atoms with Gasteiger partial charge >= 0.3 is 0 Å². The van der Waals surface area contributed by atoms with Gasteiger partial charge in [0.15, 0.2) is 19.3 Å². The minimum Gasteiger partial charge on any atom is -0.190 e. The van der Waals surface area contributed by atoms with E-state index in [-0.39, 0.29) is 0 Å². The van der Waals surface area contributed by atoms with E-state index in [0.717, 1.165) is 36.4 Å². The lowest BCUT2D eigenvalue weighted by atomic mass is 10.1. The molecule has 3 aromatic rings. The Morgan fingerprint density at radius 1 is 0.852 bits per heavy atom. The van der Waals surface area contributed by atoms with Crippen molar-refractivity contribution in [3.8, 4) is 36.0 Å². The van der Waals surface area contributed by atoms with Crippen LogP contribution in [0.2, 0.25) is 0 Å². The first-order chi connectivity index (χ1) is 13.3. The summed E-state index contributed by atoms with van der Waals surface area (Å²) in [7, 11) is 0. The second-order valence-electron chi connectivity index (χ2n) is 6.09. The van der Waals surface area contributed by atoms with Gasteiger partial charge in [-0.3, -0.25) is 0 Å². The number of rotatable bonds is 4. The van der Waals surface area contributed by atoms with E-state index in [1.54, 1.807) is 0 Å². The highest BCUT2D eigenvalue weighted by Crippen LogP contribution is 2.10. The van der Waals surface area contributed by atoms with Crippen LogP contribution in [0.25, 0.3) is 10.9 Å². The van der Waals surface area contributed by atoms with Crippen LogP contribution in [-0.2, 0) is 13.1 Å². The molecule has 2 heteroatoms. The summed E-state index contributed by atoms with van der Waals surface area (Å²) in [5.74, 6) is 15.5. The van der Waals surface area contributed by atoms with Crippen LogP contribution in [0.1, 0.15) is 31.2 Å². The minimum absolute atomic E-state index is 0.675. The molecule has 2 heterocycles. The second kappa shape index (κ2) is 9.24. The molecule has 0 aliphatic rings. The molecule has 0 bridgehead atoms. The molecule has 0 aliphatic carbocycles. The van der Waals surface area contributed by atoms with Crippen LogP contribution in [0.15, 0.2) is 60.8 Å². The molecule has 0 fully saturated rings.